The zero-order valence-corrected chi connectivity index (χ0v) is 11.2. The average Bonchev–Trinajstić information content (AvgIpc) is 2.11. The Morgan fingerprint density at radius 1 is 1.31 bits per heavy atom. The van der Waals surface area contributed by atoms with Crippen LogP contribution in [-0.2, 0) is 0 Å². The zero-order chi connectivity index (χ0) is 12.7. The van der Waals surface area contributed by atoms with Crippen molar-refractivity contribution in [3.05, 3.63) is 0 Å². The van der Waals surface area contributed by atoms with E-state index in [2.05, 4.69) is 15.9 Å². The lowest BCUT2D eigenvalue weighted by Gasteiger charge is -2.43. The summed E-state index contributed by atoms with van der Waals surface area (Å²) in [7, 11) is 0. The van der Waals surface area contributed by atoms with E-state index in [0.717, 1.165) is 0 Å². The molecule has 16 heavy (non-hydrogen) atoms. The van der Waals surface area contributed by atoms with Gasteiger partial charge in [-0.2, -0.15) is 13.2 Å². The molecule has 0 aromatic carbocycles. The molecule has 0 aliphatic heterocycles. The highest BCUT2D eigenvalue weighted by Crippen LogP contribution is 2.47. The van der Waals surface area contributed by atoms with E-state index in [1.165, 1.54) is 0 Å². The van der Waals surface area contributed by atoms with Crippen LogP contribution in [0.1, 0.15) is 27.2 Å². The number of alkyl halides is 4. The van der Waals surface area contributed by atoms with Gasteiger partial charge in [0.15, 0.2) is 0 Å². The molecule has 1 fully saturated rings. The van der Waals surface area contributed by atoms with E-state index in [1.807, 2.05) is 13.8 Å². The Kier molecular flexibility index (Phi) is 4.33. The average molecular weight is 303 g/mol. The Hall–Kier alpha value is 0.230. The third kappa shape index (κ3) is 2.73. The Labute approximate surface area is 103 Å². The van der Waals surface area contributed by atoms with E-state index < -0.39 is 28.9 Å². The molecule has 5 atom stereocenters. The van der Waals surface area contributed by atoms with Crippen LogP contribution in [-0.4, -0.2) is 22.2 Å². The minimum atomic E-state index is -4.17. The number of hydrogen-bond acceptors (Lipinski definition) is 1. The molecule has 0 saturated heterocycles. The van der Waals surface area contributed by atoms with Crippen LogP contribution in [0.25, 0.3) is 0 Å². The molecule has 0 spiro atoms. The molecule has 1 nitrogen and oxygen atoms in total. The largest absolute Gasteiger partial charge is 0.392 e. The third-order valence-electron chi connectivity index (χ3n) is 3.70. The number of rotatable bonds is 1. The molecular weight excluding hydrogens is 285 g/mol. The Balaban J connectivity index is 2.90. The second-order valence-electron chi connectivity index (χ2n) is 5.09. The van der Waals surface area contributed by atoms with Crippen molar-refractivity contribution in [1.29, 1.82) is 0 Å². The summed E-state index contributed by atoms with van der Waals surface area (Å²) in [6.07, 6.45) is -4.82. The maximum absolute atomic E-state index is 12.8. The van der Waals surface area contributed by atoms with Gasteiger partial charge in [-0.05, 0) is 24.2 Å². The summed E-state index contributed by atoms with van der Waals surface area (Å²) < 4.78 is 38.5. The predicted molar refractivity (Wildman–Crippen MR) is 60.4 cm³/mol. The van der Waals surface area contributed by atoms with Gasteiger partial charge in [0.1, 0.15) is 0 Å². The van der Waals surface area contributed by atoms with E-state index in [4.69, 9.17) is 0 Å². The first-order valence-corrected chi connectivity index (χ1v) is 6.46. The van der Waals surface area contributed by atoms with Crippen LogP contribution in [0.5, 0.6) is 0 Å². The molecule has 0 heterocycles. The number of halogens is 4. The van der Waals surface area contributed by atoms with Gasteiger partial charge in [0.25, 0.3) is 0 Å². The molecule has 5 unspecified atom stereocenters. The maximum atomic E-state index is 12.8. The number of hydrogen-bond donors (Lipinski definition) is 1. The second-order valence-corrected chi connectivity index (χ2v) is 6.14. The van der Waals surface area contributed by atoms with Gasteiger partial charge in [-0.25, -0.2) is 0 Å². The Bertz CT molecular complexity index is 242. The molecule has 0 aromatic rings. The highest BCUT2D eigenvalue weighted by molar-refractivity contribution is 9.09. The molecule has 1 N–H and O–H groups in total. The lowest BCUT2D eigenvalue weighted by molar-refractivity contribution is -0.206. The highest BCUT2D eigenvalue weighted by Gasteiger charge is 2.52. The molecule has 1 aliphatic carbocycles. The van der Waals surface area contributed by atoms with E-state index in [1.54, 1.807) is 6.92 Å². The first kappa shape index (κ1) is 14.3. The smallest absolute Gasteiger partial charge is 0.392 e. The van der Waals surface area contributed by atoms with Gasteiger partial charge in [-0.3, -0.25) is 0 Å². The molecule has 96 valence electrons. The van der Waals surface area contributed by atoms with Crippen molar-refractivity contribution in [2.45, 2.75) is 44.3 Å². The molecule has 0 bridgehead atoms. The maximum Gasteiger partial charge on any atom is 0.392 e. The Morgan fingerprint density at radius 2 is 1.81 bits per heavy atom. The normalized spacial score (nSPS) is 41.4. The van der Waals surface area contributed by atoms with Crippen LogP contribution in [0.2, 0.25) is 0 Å². The second kappa shape index (κ2) is 4.84. The van der Waals surface area contributed by atoms with Gasteiger partial charge in [-0.1, -0.05) is 36.7 Å². The first-order valence-electron chi connectivity index (χ1n) is 5.55. The Morgan fingerprint density at radius 3 is 2.19 bits per heavy atom. The summed E-state index contributed by atoms with van der Waals surface area (Å²) in [5.41, 5.74) is 0. The first-order chi connectivity index (χ1) is 7.16. The topological polar surface area (TPSA) is 20.2 Å². The van der Waals surface area contributed by atoms with Crippen molar-refractivity contribution >= 4 is 15.9 Å². The molecule has 5 heteroatoms. The van der Waals surface area contributed by atoms with E-state index in [9.17, 15) is 18.3 Å². The van der Waals surface area contributed by atoms with Crippen molar-refractivity contribution < 1.29 is 18.3 Å². The lowest BCUT2D eigenvalue weighted by atomic mass is 9.69. The fourth-order valence-corrected chi connectivity index (χ4v) is 3.28. The standard InChI is InChI=1S/C11H18BrF3O/c1-5(2)7-4-8(11(13,14)15)6(3)9(12)10(7)16/h5-10,16H,4H2,1-3H3. The van der Waals surface area contributed by atoms with Crippen molar-refractivity contribution in [3.8, 4) is 0 Å². The number of aliphatic hydroxyl groups is 1. The summed E-state index contributed by atoms with van der Waals surface area (Å²) in [5.74, 6) is -2.11. The minimum Gasteiger partial charge on any atom is -0.392 e. The predicted octanol–water partition coefficient (Wildman–Crippen LogP) is 3.60. The van der Waals surface area contributed by atoms with Gasteiger partial charge in [0.05, 0.1) is 12.0 Å². The van der Waals surface area contributed by atoms with Crippen molar-refractivity contribution in [2.75, 3.05) is 0 Å². The molecule has 0 amide bonds. The monoisotopic (exact) mass is 302 g/mol. The number of aliphatic hydroxyl groups excluding tert-OH is 1. The van der Waals surface area contributed by atoms with Crippen LogP contribution in [0.3, 0.4) is 0 Å². The van der Waals surface area contributed by atoms with Crippen molar-refractivity contribution in [1.82, 2.24) is 0 Å². The van der Waals surface area contributed by atoms with E-state index in [0.29, 0.717) is 0 Å². The summed E-state index contributed by atoms with van der Waals surface area (Å²) in [6.45, 7) is 5.27. The fourth-order valence-electron chi connectivity index (χ4n) is 2.51. The van der Waals surface area contributed by atoms with E-state index >= 15 is 0 Å². The summed E-state index contributed by atoms with van der Waals surface area (Å²) in [5, 5.41) is 9.95. The zero-order valence-electron chi connectivity index (χ0n) is 9.63. The van der Waals surface area contributed by atoms with Gasteiger partial charge in [0, 0.05) is 4.83 Å². The molecule has 0 radical (unpaired) electrons. The van der Waals surface area contributed by atoms with Crippen LogP contribution in [0.4, 0.5) is 13.2 Å². The summed E-state index contributed by atoms with van der Waals surface area (Å²) >= 11 is 3.21. The molecule has 1 aliphatic rings. The third-order valence-corrected chi connectivity index (χ3v) is 5.08. The van der Waals surface area contributed by atoms with Crippen LogP contribution in [0.15, 0.2) is 0 Å². The van der Waals surface area contributed by atoms with Crippen LogP contribution < -0.4 is 0 Å². The van der Waals surface area contributed by atoms with Gasteiger partial charge < -0.3 is 5.11 Å². The van der Waals surface area contributed by atoms with Gasteiger partial charge >= 0.3 is 6.18 Å². The minimum absolute atomic E-state index is 0.0333. The van der Waals surface area contributed by atoms with Crippen molar-refractivity contribution in [3.63, 3.8) is 0 Å². The van der Waals surface area contributed by atoms with Crippen molar-refractivity contribution in [2.24, 2.45) is 23.7 Å². The fraction of sp³-hybridized carbons (Fsp3) is 1.00. The molecule has 0 aromatic heterocycles. The quantitative estimate of drug-likeness (QED) is 0.734. The molecular formula is C11H18BrF3O. The van der Waals surface area contributed by atoms with Gasteiger partial charge in [0.2, 0.25) is 0 Å². The summed E-state index contributed by atoms with van der Waals surface area (Å²) in [4.78, 5) is -0.472. The lowest BCUT2D eigenvalue weighted by Crippen LogP contribution is -2.49. The molecule has 1 saturated carbocycles. The van der Waals surface area contributed by atoms with Crippen LogP contribution in [0, 0.1) is 23.7 Å². The summed E-state index contributed by atoms with van der Waals surface area (Å²) in [6, 6.07) is 0. The molecule has 1 rings (SSSR count). The van der Waals surface area contributed by atoms with Gasteiger partial charge in [-0.15, -0.1) is 0 Å². The highest BCUT2D eigenvalue weighted by atomic mass is 79.9. The van der Waals surface area contributed by atoms with Crippen LogP contribution >= 0.6 is 15.9 Å². The SMILES string of the molecule is CC(C)C1CC(C(F)(F)F)C(C)C(Br)C1O. The van der Waals surface area contributed by atoms with E-state index in [-0.39, 0.29) is 18.3 Å².